The lowest BCUT2D eigenvalue weighted by Gasteiger charge is -2.23. The minimum absolute atomic E-state index is 0.0631. The summed E-state index contributed by atoms with van der Waals surface area (Å²) in [7, 11) is 0. The smallest absolute Gasteiger partial charge is 0.273 e. The van der Waals surface area contributed by atoms with Gasteiger partial charge in [0.2, 0.25) is 5.95 Å². The molecular formula is C17H20FN9O. The van der Waals surface area contributed by atoms with E-state index in [0.717, 1.165) is 31.3 Å². The van der Waals surface area contributed by atoms with E-state index in [4.69, 9.17) is 5.73 Å². The second kappa shape index (κ2) is 7.72. The van der Waals surface area contributed by atoms with Crippen LogP contribution in [0.3, 0.4) is 0 Å². The summed E-state index contributed by atoms with van der Waals surface area (Å²) >= 11 is 0. The van der Waals surface area contributed by atoms with Gasteiger partial charge in [0, 0.05) is 23.7 Å². The van der Waals surface area contributed by atoms with E-state index >= 15 is 0 Å². The highest BCUT2D eigenvalue weighted by atomic mass is 19.1. The number of nitrogens with zero attached hydrogens (tertiary/aromatic N) is 5. The highest BCUT2D eigenvalue weighted by Gasteiger charge is 2.18. The number of carbonyl (C=O) groups is 1. The maximum absolute atomic E-state index is 12.9. The van der Waals surface area contributed by atoms with Crippen LogP contribution in [0.25, 0.3) is 10.9 Å². The third-order valence-corrected chi connectivity index (χ3v) is 4.57. The third-order valence-electron chi connectivity index (χ3n) is 4.57. The monoisotopic (exact) mass is 385 g/mol. The summed E-state index contributed by atoms with van der Waals surface area (Å²) < 4.78 is 14.2. The van der Waals surface area contributed by atoms with Gasteiger partial charge in [-0.05, 0) is 37.6 Å². The van der Waals surface area contributed by atoms with E-state index in [-0.39, 0.29) is 17.6 Å². The van der Waals surface area contributed by atoms with Crippen LogP contribution in [0.2, 0.25) is 0 Å². The molecule has 10 nitrogen and oxygen atoms in total. The van der Waals surface area contributed by atoms with Crippen molar-refractivity contribution in [3.8, 4) is 0 Å². The minimum atomic E-state index is -0.736. The van der Waals surface area contributed by atoms with E-state index in [1.807, 2.05) is 0 Å². The number of amides is 1. The zero-order valence-corrected chi connectivity index (χ0v) is 15.0. The van der Waals surface area contributed by atoms with E-state index in [0.29, 0.717) is 17.2 Å². The number of hydrogen-bond acceptors (Lipinski definition) is 8. The second-order valence-corrected chi connectivity index (χ2v) is 6.55. The molecule has 1 atom stereocenters. The van der Waals surface area contributed by atoms with E-state index in [1.165, 1.54) is 4.68 Å². The molecule has 0 unspecified atom stereocenters. The van der Waals surface area contributed by atoms with Crippen molar-refractivity contribution in [1.82, 2.24) is 30.3 Å². The summed E-state index contributed by atoms with van der Waals surface area (Å²) in [6.07, 6.45) is 3.62. The Balaban J connectivity index is 1.61. The Morgan fingerprint density at radius 3 is 3.04 bits per heavy atom. The fraction of sp³-hybridized carbons (Fsp3) is 0.353. The molecule has 5 N–H and O–H groups in total. The first-order valence-corrected chi connectivity index (χ1v) is 8.94. The topological polar surface area (TPSA) is 136 Å². The van der Waals surface area contributed by atoms with Gasteiger partial charge in [0.1, 0.15) is 0 Å². The fourth-order valence-corrected chi connectivity index (χ4v) is 3.19. The number of piperidine rings is 1. The third kappa shape index (κ3) is 3.69. The van der Waals surface area contributed by atoms with Gasteiger partial charge in [-0.25, -0.2) is 9.07 Å². The van der Waals surface area contributed by atoms with Crippen molar-refractivity contribution >= 4 is 34.3 Å². The van der Waals surface area contributed by atoms with Crippen LogP contribution in [0.1, 0.15) is 23.3 Å². The molecule has 28 heavy (non-hydrogen) atoms. The number of primary amides is 1. The predicted octanol–water partition coefficient (Wildman–Crippen LogP) is 1.15. The molecule has 3 aromatic rings. The van der Waals surface area contributed by atoms with Gasteiger partial charge in [-0.3, -0.25) is 4.79 Å². The average molecular weight is 385 g/mol. The molecule has 0 saturated carbocycles. The van der Waals surface area contributed by atoms with Crippen molar-refractivity contribution in [3.05, 3.63) is 30.1 Å². The first-order valence-electron chi connectivity index (χ1n) is 8.94. The number of nitrogens with one attached hydrogen (secondary N) is 3. The van der Waals surface area contributed by atoms with Gasteiger partial charge in [0.15, 0.2) is 18.3 Å². The molecule has 3 heterocycles. The van der Waals surface area contributed by atoms with Crippen molar-refractivity contribution in [3.63, 3.8) is 0 Å². The zero-order valence-electron chi connectivity index (χ0n) is 15.0. The number of alkyl halides is 1. The lowest BCUT2D eigenvalue weighted by Crippen LogP contribution is -2.39. The first-order chi connectivity index (χ1) is 13.6. The molecule has 1 aliphatic rings. The second-order valence-electron chi connectivity index (χ2n) is 6.55. The summed E-state index contributed by atoms with van der Waals surface area (Å²) in [5, 5.41) is 22.2. The molecule has 4 rings (SSSR count). The van der Waals surface area contributed by atoms with Gasteiger partial charge >= 0.3 is 0 Å². The summed E-state index contributed by atoms with van der Waals surface area (Å²) in [5.74, 6) is -0.224. The number of benzene rings is 1. The van der Waals surface area contributed by atoms with Crippen molar-refractivity contribution in [2.24, 2.45) is 5.73 Å². The van der Waals surface area contributed by atoms with E-state index in [2.05, 4.69) is 36.2 Å². The summed E-state index contributed by atoms with van der Waals surface area (Å²) in [6.45, 7) is 1.09. The quantitative estimate of drug-likeness (QED) is 0.496. The van der Waals surface area contributed by atoms with E-state index in [9.17, 15) is 9.18 Å². The van der Waals surface area contributed by atoms with Gasteiger partial charge < -0.3 is 21.7 Å². The standard InChI is InChI=1S/C17H20FN9O/c18-9-27-13-4-3-11(6-10(13)7-21-27)22-16-14(15(19)28)25-26-17(24-16)23-12-2-1-5-20-8-12/h3-4,6-7,12,20H,1-2,5,8-9H2,(H2,19,28)(H2,22,23,24,26)/t12-/m0/s1. The molecule has 1 saturated heterocycles. The number of carbonyl (C=O) groups excluding carboxylic acids is 1. The Labute approximate surface area is 159 Å². The van der Waals surface area contributed by atoms with Crippen molar-refractivity contribution in [2.45, 2.75) is 25.7 Å². The summed E-state index contributed by atoms with van der Waals surface area (Å²) in [5.41, 5.74) is 6.65. The van der Waals surface area contributed by atoms with Gasteiger partial charge in [-0.15, -0.1) is 10.2 Å². The molecule has 1 aromatic carbocycles. The van der Waals surface area contributed by atoms with Crippen LogP contribution in [0.4, 0.5) is 21.8 Å². The summed E-state index contributed by atoms with van der Waals surface area (Å²) in [6, 6.07) is 5.43. The number of anilines is 3. The number of fused-ring (bicyclic) bond motifs is 1. The Morgan fingerprint density at radius 1 is 1.39 bits per heavy atom. The molecule has 146 valence electrons. The van der Waals surface area contributed by atoms with Crippen LogP contribution < -0.4 is 21.7 Å². The van der Waals surface area contributed by atoms with Gasteiger partial charge in [0.05, 0.1) is 11.7 Å². The van der Waals surface area contributed by atoms with Crippen LogP contribution >= 0.6 is 0 Å². The molecule has 11 heteroatoms. The molecule has 2 aromatic heterocycles. The molecular weight excluding hydrogens is 365 g/mol. The molecule has 0 spiro atoms. The highest BCUT2D eigenvalue weighted by molar-refractivity contribution is 5.96. The number of rotatable bonds is 6. The average Bonchev–Trinajstić information content (AvgIpc) is 3.11. The maximum atomic E-state index is 12.9. The SMILES string of the molecule is NC(=O)c1nnc(N[C@H]2CCCNC2)nc1Nc1ccc2c(cnn2CF)c1. The first kappa shape index (κ1) is 18.0. The minimum Gasteiger partial charge on any atom is -0.364 e. The Kier molecular flexibility index (Phi) is 4.98. The lowest BCUT2D eigenvalue weighted by atomic mass is 10.1. The highest BCUT2D eigenvalue weighted by Crippen LogP contribution is 2.23. The molecule has 1 fully saturated rings. The van der Waals surface area contributed by atoms with Crippen LogP contribution in [0.5, 0.6) is 0 Å². The van der Waals surface area contributed by atoms with Crippen LogP contribution in [0, 0.1) is 0 Å². The Bertz CT molecular complexity index is 999. The van der Waals surface area contributed by atoms with Crippen LogP contribution in [-0.2, 0) is 6.80 Å². The van der Waals surface area contributed by atoms with Gasteiger partial charge in [-0.1, -0.05) is 0 Å². The number of halogens is 1. The largest absolute Gasteiger partial charge is 0.364 e. The van der Waals surface area contributed by atoms with E-state index in [1.54, 1.807) is 24.4 Å². The molecule has 0 radical (unpaired) electrons. The summed E-state index contributed by atoms with van der Waals surface area (Å²) in [4.78, 5) is 16.1. The molecule has 1 amide bonds. The van der Waals surface area contributed by atoms with E-state index < -0.39 is 12.7 Å². The zero-order chi connectivity index (χ0) is 19.5. The maximum Gasteiger partial charge on any atom is 0.273 e. The Morgan fingerprint density at radius 2 is 2.29 bits per heavy atom. The predicted molar refractivity (Wildman–Crippen MR) is 102 cm³/mol. The lowest BCUT2D eigenvalue weighted by molar-refractivity contribution is 0.0995. The van der Waals surface area contributed by atoms with Gasteiger partial charge in [0.25, 0.3) is 5.91 Å². The van der Waals surface area contributed by atoms with Crippen LogP contribution in [0.15, 0.2) is 24.4 Å². The Hall–Kier alpha value is -3.34. The molecule has 1 aliphatic heterocycles. The van der Waals surface area contributed by atoms with Crippen molar-refractivity contribution in [1.29, 1.82) is 0 Å². The normalized spacial score (nSPS) is 16.8. The van der Waals surface area contributed by atoms with Crippen molar-refractivity contribution in [2.75, 3.05) is 23.7 Å². The number of hydrogen-bond donors (Lipinski definition) is 4. The van der Waals surface area contributed by atoms with Crippen LogP contribution in [-0.4, -0.2) is 50.0 Å². The molecule has 0 bridgehead atoms. The number of aromatic nitrogens is 5. The molecule has 0 aliphatic carbocycles. The fourth-order valence-electron chi connectivity index (χ4n) is 3.19. The van der Waals surface area contributed by atoms with Crippen molar-refractivity contribution < 1.29 is 9.18 Å². The van der Waals surface area contributed by atoms with Gasteiger partial charge in [-0.2, -0.15) is 10.1 Å². The number of nitrogens with two attached hydrogens (primary N) is 1.